The molecule has 0 aromatic rings. The Morgan fingerprint density at radius 3 is 2.97 bits per heavy atom. The van der Waals surface area contributed by atoms with Crippen LogP contribution in [0.1, 0.15) is 85.0 Å². The first kappa shape index (κ1) is 21.1. The van der Waals surface area contributed by atoms with E-state index in [-0.39, 0.29) is 12.1 Å². The topological polar surface area (TPSA) is 35.5 Å². The number of carbonyl (C=O) groups excluding carboxylic acids is 1. The Labute approximate surface area is 198 Å². The molecule has 4 aliphatic rings. The van der Waals surface area contributed by atoms with Crippen molar-refractivity contribution in [3.05, 3.63) is 11.6 Å². The molecule has 0 bridgehead atoms. The summed E-state index contributed by atoms with van der Waals surface area (Å²) in [6.45, 7) is 7.49. The molecule has 0 spiro atoms. The van der Waals surface area contributed by atoms with Gasteiger partial charge < -0.3 is 8.92 Å². The van der Waals surface area contributed by atoms with Crippen molar-refractivity contribution in [1.29, 1.82) is 2.67 Å². The second-order valence-corrected chi connectivity index (χ2v) is 12.1. The van der Waals surface area contributed by atoms with Gasteiger partial charge in [0, 0.05) is 6.42 Å². The standard InChI is InChI=1S/C26H43BO3S/c1-17(5-10-24(28)29-4)21-8-9-22-20-7-6-18-15-19(30-31-16-27)11-13-25(18,2)23(20)12-14-26(21,22)3/h6,17,19-23H,5,7-16,27H2,1-4H3/i27TD. The number of fused-ring (bicyclic) bond motifs is 5. The molecule has 5 heteroatoms. The van der Waals surface area contributed by atoms with Crippen LogP contribution in [0.2, 0.25) is 0 Å². The normalized spacial score (nSPS) is 43.5. The van der Waals surface area contributed by atoms with Gasteiger partial charge in [-0.15, -0.1) is 0 Å². The van der Waals surface area contributed by atoms with Crippen molar-refractivity contribution in [1.82, 2.24) is 0 Å². The third-order valence-corrected chi connectivity index (χ3v) is 10.7. The lowest BCUT2D eigenvalue weighted by Gasteiger charge is -2.58. The van der Waals surface area contributed by atoms with Crippen molar-refractivity contribution in [2.45, 2.75) is 91.1 Å². The third-order valence-electron chi connectivity index (χ3n) is 10.1. The smallest absolute Gasteiger partial charge is 0.305 e. The molecule has 0 saturated heterocycles. The summed E-state index contributed by atoms with van der Waals surface area (Å²) in [5.41, 5.74) is 2.78. The molecule has 0 radical (unpaired) electrons. The highest BCUT2D eigenvalue weighted by atomic mass is 32.2. The lowest BCUT2D eigenvalue weighted by molar-refractivity contribution is -0.141. The summed E-state index contributed by atoms with van der Waals surface area (Å²) in [6.07, 6.45) is 14.2. The molecule has 8 atom stereocenters. The molecule has 4 aliphatic carbocycles. The van der Waals surface area contributed by atoms with Crippen molar-refractivity contribution < 1.29 is 13.7 Å². The Morgan fingerprint density at radius 1 is 1.35 bits per heavy atom. The molecule has 0 aromatic heterocycles. The Morgan fingerprint density at radius 2 is 2.19 bits per heavy atom. The van der Waals surface area contributed by atoms with Gasteiger partial charge in [0.05, 0.1) is 13.2 Å². The molecule has 31 heavy (non-hydrogen) atoms. The molecule has 0 aliphatic heterocycles. The number of rotatable bonds is 8. The molecule has 0 heterocycles. The van der Waals surface area contributed by atoms with Gasteiger partial charge >= 0.3 is 5.97 Å². The predicted molar refractivity (Wildman–Crippen MR) is 131 cm³/mol. The Balaban J connectivity index is 1.42. The van der Waals surface area contributed by atoms with E-state index in [1.807, 2.05) is 0 Å². The molecule has 0 N–H and O–H groups in total. The van der Waals surface area contributed by atoms with Gasteiger partial charge in [0.15, 0.2) is 0 Å². The van der Waals surface area contributed by atoms with Crippen LogP contribution in [0.4, 0.5) is 0 Å². The molecule has 0 aromatic carbocycles. The van der Waals surface area contributed by atoms with Gasteiger partial charge in [-0.05, 0) is 119 Å². The van der Waals surface area contributed by atoms with Crippen LogP contribution in [-0.2, 0) is 13.7 Å². The molecule has 3 fully saturated rings. The minimum absolute atomic E-state index is 0.0691. The zero-order valence-corrected chi connectivity index (χ0v) is 20.8. The van der Waals surface area contributed by atoms with Crippen molar-refractivity contribution in [3.63, 3.8) is 0 Å². The summed E-state index contributed by atoms with van der Waals surface area (Å²) in [5.74, 6) is 3.64. The van der Waals surface area contributed by atoms with E-state index in [1.165, 1.54) is 57.7 Å². The van der Waals surface area contributed by atoms with E-state index in [0.717, 1.165) is 42.9 Å². The van der Waals surface area contributed by atoms with Crippen LogP contribution >= 0.6 is 12.0 Å². The average Bonchev–Trinajstić information content (AvgIpc) is 3.14. The van der Waals surface area contributed by atoms with E-state index in [9.17, 15) is 4.79 Å². The quantitative estimate of drug-likeness (QED) is 0.204. The Kier molecular flexibility index (Phi) is 6.44. The Bertz CT molecular complexity index is 749. The highest BCUT2D eigenvalue weighted by Crippen LogP contribution is 2.67. The van der Waals surface area contributed by atoms with E-state index in [0.29, 0.717) is 28.8 Å². The number of hydrogen-bond donors (Lipinski definition) is 0. The van der Waals surface area contributed by atoms with Crippen LogP contribution in [0.3, 0.4) is 0 Å². The minimum Gasteiger partial charge on any atom is -0.469 e. The Hall–Kier alpha value is -0.415. The van der Waals surface area contributed by atoms with E-state index in [1.54, 1.807) is 5.57 Å². The molecule has 4 rings (SSSR count). The molecule has 174 valence electrons. The maximum Gasteiger partial charge on any atom is 0.305 e. The van der Waals surface area contributed by atoms with Gasteiger partial charge in [0.2, 0.25) is 0 Å². The summed E-state index contributed by atoms with van der Waals surface area (Å²) in [6, 6.07) is 0. The van der Waals surface area contributed by atoms with Gasteiger partial charge in [-0.2, -0.15) is 0 Å². The summed E-state index contributed by atoms with van der Waals surface area (Å²) < 4.78 is 25.6. The van der Waals surface area contributed by atoms with E-state index in [4.69, 9.17) is 11.6 Å². The SMILES string of the molecule is [2H]B([3H])CSOC1CCC2(C)C(=CCC3C2CCC2(C)C(C(C)CCC(=O)OC)CCC32)C1. The average molecular weight is 450 g/mol. The zero-order chi connectivity index (χ0) is 23.8. The van der Waals surface area contributed by atoms with Crippen molar-refractivity contribution >= 4 is 25.8 Å². The molecular weight excluding hydrogens is 403 g/mol. The molecular formula is C26H43BO3S. The lowest BCUT2D eigenvalue weighted by atomic mass is 9.47. The molecule has 3 nitrogen and oxygen atoms in total. The van der Waals surface area contributed by atoms with Gasteiger partial charge in [0.1, 0.15) is 7.77 Å². The zero-order valence-electron chi connectivity index (χ0n) is 22.0. The van der Waals surface area contributed by atoms with Crippen molar-refractivity contribution in [2.75, 3.05) is 12.8 Å². The summed E-state index contributed by atoms with van der Waals surface area (Å²) in [4.78, 5) is 11.7. The van der Waals surface area contributed by atoms with Crippen LogP contribution in [0.25, 0.3) is 0 Å². The monoisotopic (exact) mass is 449 g/mol. The number of carbonyl (C=O) groups is 1. The highest BCUT2D eigenvalue weighted by Gasteiger charge is 2.59. The lowest BCUT2D eigenvalue weighted by Crippen LogP contribution is -2.50. The van der Waals surface area contributed by atoms with Crippen LogP contribution in [0.5, 0.6) is 0 Å². The number of esters is 1. The number of allylic oxidation sites excluding steroid dienone is 1. The van der Waals surface area contributed by atoms with Gasteiger partial charge in [-0.1, -0.05) is 32.4 Å². The van der Waals surface area contributed by atoms with E-state index < -0.39 is 7.77 Å². The molecule has 3 saturated carbocycles. The number of methoxy groups -OCH3 is 1. The highest BCUT2D eigenvalue weighted by molar-refractivity contribution is 7.95. The molecule has 0 amide bonds. The van der Waals surface area contributed by atoms with Crippen LogP contribution in [0, 0.1) is 40.4 Å². The number of hydrogen-bond acceptors (Lipinski definition) is 4. The van der Waals surface area contributed by atoms with E-state index >= 15 is 0 Å². The van der Waals surface area contributed by atoms with Crippen LogP contribution < -0.4 is 0 Å². The van der Waals surface area contributed by atoms with Crippen LogP contribution in [-0.4, -0.2) is 35.3 Å². The fourth-order valence-corrected chi connectivity index (χ4v) is 8.90. The van der Waals surface area contributed by atoms with E-state index in [2.05, 4.69) is 26.8 Å². The predicted octanol–water partition coefficient (Wildman–Crippen LogP) is 5.78. The summed E-state index contributed by atoms with van der Waals surface area (Å²) in [5, 5.41) is 0. The number of ether oxygens (including phenoxy) is 1. The van der Waals surface area contributed by atoms with Crippen molar-refractivity contribution in [2.24, 2.45) is 40.4 Å². The second-order valence-electron chi connectivity index (χ2n) is 11.3. The van der Waals surface area contributed by atoms with Gasteiger partial charge in [-0.25, -0.2) is 0 Å². The third kappa shape index (κ3) is 4.27. The van der Waals surface area contributed by atoms with Crippen LogP contribution in [0.15, 0.2) is 11.6 Å². The molecule has 8 unspecified atom stereocenters. The van der Waals surface area contributed by atoms with Crippen molar-refractivity contribution in [3.8, 4) is 0 Å². The maximum atomic E-state index is 11.7. The first-order valence-electron chi connectivity index (χ1n) is 13.7. The first-order valence-corrected chi connectivity index (χ1v) is 13.5. The largest absolute Gasteiger partial charge is 0.469 e. The van der Waals surface area contributed by atoms with Gasteiger partial charge in [0.25, 0.3) is 0 Å². The first-order chi connectivity index (χ1) is 15.7. The summed E-state index contributed by atoms with van der Waals surface area (Å²) >= 11 is 1.32. The summed E-state index contributed by atoms with van der Waals surface area (Å²) in [7, 11) is 0.684. The second kappa shape index (κ2) is 9.45. The maximum absolute atomic E-state index is 11.7. The fourth-order valence-electron chi connectivity index (χ4n) is 8.47. The minimum atomic E-state index is -0.812. The fraction of sp³-hybridized carbons (Fsp3) is 0.885. The van der Waals surface area contributed by atoms with Gasteiger partial charge in [-0.3, -0.25) is 4.79 Å².